The Morgan fingerprint density at radius 1 is 1.14 bits per heavy atom. The number of aromatic nitrogens is 1. The van der Waals surface area contributed by atoms with E-state index >= 15 is 0 Å². The van der Waals surface area contributed by atoms with Crippen LogP contribution in [0, 0.1) is 0 Å². The molecule has 5 heteroatoms. The SMILES string of the molecule is Clc1ccc(SSc2nccs2)cc1. The van der Waals surface area contributed by atoms with Crippen molar-refractivity contribution in [3.05, 3.63) is 40.9 Å². The van der Waals surface area contributed by atoms with Gasteiger partial charge in [-0.05, 0) is 35.1 Å². The van der Waals surface area contributed by atoms with Crippen LogP contribution in [0.1, 0.15) is 0 Å². The summed E-state index contributed by atoms with van der Waals surface area (Å²) in [7, 11) is 3.36. The van der Waals surface area contributed by atoms with Crippen molar-refractivity contribution in [2.75, 3.05) is 0 Å². The average molecular weight is 260 g/mol. The Morgan fingerprint density at radius 3 is 2.57 bits per heavy atom. The van der Waals surface area contributed by atoms with Crippen LogP contribution >= 0.6 is 44.5 Å². The van der Waals surface area contributed by atoms with Gasteiger partial charge in [0.1, 0.15) is 0 Å². The second kappa shape index (κ2) is 5.07. The smallest absolute Gasteiger partial charge is 0.160 e. The molecule has 0 amide bonds. The Morgan fingerprint density at radius 2 is 1.93 bits per heavy atom. The Bertz CT molecular complexity index is 385. The van der Waals surface area contributed by atoms with E-state index in [0.29, 0.717) is 0 Å². The zero-order valence-corrected chi connectivity index (χ0v) is 10.2. The normalized spacial score (nSPS) is 10.4. The van der Waals surface area contributed by atoms with Gasteiger partial charge in [0.05, 0.1) is 0 Å². The van der Waals surface area contributed by atoms with Crippen LogP contribution in [0.25, 0.3) is 0 Å². The lowest BCUT2D eigenvalue weighted by Gasteiger charge is -1.97. The van der Waals surface area contributed by atoms with Gasteiger partial charge in [-0.1, -0.05) is 22.4 Å². The van der Waals surface area contributed by atoms with Gasteiger partial charge >= 0.3 is 0 Å². The molecule has 0 aliphatic heterocycles. The van der Waals surface area contributed by atoms with Crippen LogP contribution < -0.4 is 0 Å². The van der Waals surface area contributed by atoms with Crippen molar-refractivity contribution in [3.63, 3.8) is 0 Å². The fourth-order valence-electron chi connectivity index (χ4n) is 0.825. The van der Waals surface area contributed by atoms with Crippen molar-refractivity contribution < 1.29 is 0 Å². The van der Waals surface area contributed by atoms with Crippen LogP contribution in [0.15, 0.2) is 45.1 Å². The van der Waals surface area contributed by atoms with Gasteiger partial charge in [0, 0.05) is 21.5 Å². The van der Waals surface area contributed by atoms with Crippen molar-refractivity contribution in [2.24, 2.45) is 0 Å². The van der Waals surface area contributed by atoms with E-state index in [1.807, 2.05) is 35.8 Å². The van der Waals surface area contributed by atoms with Crippen molar-refractivity contribution in [1.29, 1.82) is 0 Å². The van der Waals surface area contributed by atoms with E-state index in [2.05, 4.69) is 4.98 Å². The summed E-state index contributed by atoms with van der Waals surface area (Å²) in [6.07, 6.45) is 1.81. The monoisotopic (exact) mass is 259 g/mol. The molecule has 1 aromatic heterocycles. The second-order valence-electron chi connectivity index (χ2n) is 2.42. The summed E-state index contributed by atoms with van der Waals surface area (Å²) in [6, 6.07) is 7.81. The maximum atomic E-state index is 5.79. The van der Waals surface area contributed by atoms with Crippen molar-refractivity contribution in [1.82, 2.24) is 4.98 Å². The first kappa shape index (κ1) is 10.4. The lowest BCUT2D eigenvalue weighted by molar-refractivity contribution is 1.26. The third kappa shape index (κ3) is 2.92. The first-order valence-corrected chi connectivity index (χ1v) is 7.25. The average Bonchev–Trinajstić information content (AvgIpc) is 2.70. The topological polar surface area (TPSA) is 12.9 Å². The van der Waals surface area contributed by atoms with Crippen LogP contribution in [0.3, 0.4) is 0 Å². The molecule has 2 rings (SSSR count). The van der Waals surface area contributed by atoms with Gasteiger partial charge in [-0.15, -0.1) is 11.3 Å². The number of nitrogens with zero attached hydrogens (tertiary/aromatic N) is 1. The molecule has 0 N–H and O–H groups in total. The predicted octanol–water partition coefficient (Wildman–Crippen LogP) is 4.60. The Hall–Kier alpha value is -0.160. The largest absolute Gasteiger partial charge is 0.237 e. The zero-order chi connectivity index (χ0) is 9.80. The molecular formula is C9H6ClNS3. The number of thiazole rings is 1. The molecule has 0 aliphatic rings. The molecule has 0 spiro atoms. The predicted molar refractivity (Wildman–Crippen MR) is 65.3 cm³/mol. The van der Waals surface area contributed by atoms with E-state index in [1.54, 1.807) is 32.9 Å². The van der Waals surface area contributed by atoms with Gasteiger partial charge in [-0.25, -0.2) is 4.98 Å². The van der Waals surface area contributed by atoms with E-state index in [-0.39, 0.29) is 0 Å². The molecule has 0 saturated heterocycles. The highest BCUT2D eigenvalue weighted by molar-refractivity contribution is 8.77. The Balaban J connectivity index is 1.95. The summed E-state index contributed by atoms with van der Waals surface area (Å²) < 4.78 is 1.07. The standard InChI is InChI=1S/C9H6ClNS3/c10-7-1-3-8(4-2-7)13-14-9-11-5-6-12-9/h1-6H. The first-order valence-electron chi connectivity index (χ1n) is 3.84. The van der Waals surface area contributed by atoms with Crippen molar-refractivity contribution in [3.8, 4) is 0 Å². The molecule has 0 bridgehead atoms. The van der Waals surface area contributed by atoms with Crippen LogP contribution in [0.2, 0.25) is 5.02 Å². The summed E-state index contributed by atoms with van der Waals surface area (Å²) in [4.78, 5) is 5.37. The molecule has 1 heterocycles. The number of hydrogen-bond donors (Lipinski definition) is 0. The molecule has 2 aromatic rings. The lowest BCUT2D eigenvalue weighted by atomic mass is 10.4. The minimum atomic E-state index is 0.772. The van der Waals surface area contributed by atoms with E-state index in [4.69, 9.17) is 11.6 Å². The summed E-state index contributed by atoms with van der Waals surface area (Å²) >= 11 is 7.44. The molecule has 0 saturated carbocycles. The fourth-order valence-corrected chi connectivity index (χ4v) is 3.78. The van der Waals surface area contributed by atoms with Crippen molar-refractivity contribution in [2.45, 2.75) is 9.24 Å². The third-order valence-electron chi connectivity index (χ3n) is 1.43. The highest BCUT2D eigenvalue weighted by Crippen LogP contribution is 2.38. The van der Waals surface area contributed by atoms with Gasteiger partial charge < -0.3 is 0 Å². The number of halogens is 1. The highest BCUT2D eigenvalue weighted by Gasteiger charge is 1.98. The van der Waals surface area contributed by atoms with Crippen LogP contribution in [-0.4, -0.2) is 4.98 Å². The molecule has 0 unspecified atom stereocenters. The summed E-state index contributed by atoms with van der Waals surface area (Å²) in [6.45, 7) is 0. The molecule has 14 heavy (non-hydrogen) atoms. The molecule has 1 aromatic carbocycles. The lowest BCUT2D eigenvalue weighted by Crippen LogP contribution is -1.67. The zero-order valence-electron chi connectivity index (χ0n) is 7.01. The molecule has 0 radical (unpaired) electrons. The molecule has 0 atom stereocenters. The van der Waals surface area contributed by atoms with Crippen LogP contribution in [0.4, 0.5) is 0 Å². The quantitative estimate of drug-likeness (QED) is 0.748. The molecular weight excluding hydrogens is 254 g/mol. The van der Waals surface area contributed by atoms with Crippen LogP contribution in [0.5, 0.6) is 0 Å². The van der Waals surface area contributed by atoms with E-state index in [0.717, 1.165) is 9.36 Å². The fraction of sp³-hybridized carbons (Fsp3) is 0. The first-order chi connectivity index (χ1) is 6.84. The maximum Gasteiger partial charge on any atom is 0.160 e. The minimum absolute atomic E-state index is 0.772. The summed E-state index contributed by atoms with van der Waals surface area (Å²) in [5, 5.41) is 2.75. The number of hydrogen-bond acceptors (Lipinski definition) is 4. The molecule has 1 nitrogen and oxygen atoms in total. The minimum Gasteiger partial charge on any atom is -0.237 e. The van der Waals surface area contributed by atoms with Gasteiger partial charge in [0.15, 0.2) is 4.34 Å². The Labute approximate surface area is 99.3 Å². The second-order valence-corrected chi connectivity index (χ2v) is 6.20. The van der Waals surface area contributed by atoms with E-state index in [9.17, 15) is 0 Å². The van der Waals surface area contributed by atoms with Gasteiger partial charge in [-0.3, -0.25) is 0 Å². The van der Waals surface area contributed by atoms with E-state index < -0.39 is 0 Å². The van der Waals surface area contributed by atoms with Crippen molar-refractivity contribution >= 4 is 44.5 Å². The molecule has 0 fully saturated rings. The number of benzene rings is 1. The van der Waals surface area contributed by atoms with Gasteiger partial charge in [0.2, 0.25) is 0 Å². The highest BCUT2D eigenvalue weighted by atomic mass is 35.5. The maximum absolute atomic E-state index is 5.79. The molecule has 0 aliphatic carbocycles. The van der Waals surface area contributed by atoms with Gasteiger partial charge in [0.25, 0.3) is 0 Å². The molecule has 72 valence electrons. The third-order valence-corrected chi connectivity index (χ3v) is 5.20. The number of rotatable bonds is 3. The summed E-state index contributed by atoms with van der Waals surface area (Å²) in [5.74, 6) is 0. The van der Waals surface area contributed by atoms with Gasteiger partial charge in [-0.2, -0.15) is 0 Å². The summed E-state index contributed by atoms with van der Waals surface area (Å²) in [5.41, 5.74) is 0. The Kier molecular flexibility index (Phi) is 3.75. The van der Waals surface area contributed by atoms with Crippen LogP contribution in [-0.2, 0) is 0 Å². The van der Waals surface area contributed by atoms with E-state index in [1.165, 1.54) is 4.90 Å².